The van der Waals surface area contributed by atoms with Crippen LogP contribution in [0.5, 0.6) is 0 Å². The van der Waals surface area contributed by atoms with E-state index in [0.29, 0.717) is 24.7 Å². The zero-order chi connectivity index (χ0) is 17.5. The lowest BCUT2D eigenvalue weighted by Crippen LogP contribution is -2.26. The van der Waals surface area contributed by atoms with Crippen LogP contribution in [0.15, 0.2) is 59.0 Å². The summed E-state index contributed by atoms with van der Waals surface area (Å²) >= 11 is 0. The van der Waals surface area contributed by atoms with Crippen LogP contribution in [-0.4, -0.2) is 22.8 Å². The average Bonchev–Trinajstić information content (AvgIpc) is 3.10. The van der Waals surface area contributed by atoms with Crippen molar-refractivity contribution in [1.82, 2.24) is 15.5 Å². The third-order valence-electron chi connectivity index (χ3n) is 3.59. The second kappa shape index (κ2) is 8.10. The van der Waals surface area contributed by atoms with Crippen molar-refractivity contribution >= 4 is 6.09 Å². The predicted octanol–water partition coefficient (Wildman–Crippen LogP) is 3.51. The smallest absolute Gasteiger partial charge is 0.407 e. The maximum atomic E-state index is 11.7. The molecule has 25 heavy (non-hydrogen) atoms. The van der Waals surface area contributed by atoms with Gasteiger partial charge in [-0.2, -0.15) is 0 Å². The SMILES string of the molecule is Cc1ccc(-c2nnc(CCNC(=O)OCc3ccccc3)o2)cc1. The molecule has 0 aliphatic carbocycles. The molecule has 0 atom stereocenters. The number of hydrogen-bond donors (Lipinski definition) is 1. The predicted molar refractivity (Wildman–Crippen MR) is 92.8 cm³/mol. The molecule has 6 nitrogen and oxygen atoms in total. The van der Waals surface area contributed by atoms with Gasteiger partial charge in [0.15, 0.2) is 0 Å². The van der Waals surface area contributed by atoms with Gasteiger partial charge in [-0.25, -0.2) is 4.79 Å². The van der Waals surface area contributed by atoms with Gasteiger partial charge in [0, 0.05) is 18.5 Å². The monoisotopic (exact) mass is 337 g/mol. The molecule has 6 heteroatoms. The summed E-state index contributed by atoms with van der Waals surface area (Å²) in [6.07, 6.45) is -0.0265. The van der Waals surface area contributed by atoms with E-state index in [1.54, 1.807) is 0 Å². The standard InChI is InChI=1S/C19H19N3O3/c1-14-7-9-16(10-8-14)18-22-21-17(25-18)11-12-20-19(23)24-13-15-5-3-2-4-6-15/h2-10H,11-13H2,1H3,(H,20,23). The molecule has 128 valence electrons. The Kier molecular flexibility index (Phi) is 5.41. The second-order valence-electron chi connectivity index (χ2n) is 5.61. The van der Waals surface area contributed by atoms with E-state index >= 15 is 0 Å². The van der Waals surface area contributed by atoms with E-state index in [2.05, 4.69) is 15.5 Å². The highest BCUT2D eigenvalue weighted by Crippen LogP contribution is 2.18. The first-order valence-corrected chi connectivity index (χ1v) is 8.05. The van der Waals surface area contributed by atoms with Crippen molar-refractivity contribution in [3.8, 4) is 11.5 Å². The molecule has 0 bridgehead atoms. The average molecular weight is 337 g/mol. The maximum absolute atomic E-state index is 11.7. The van der Waals surface area contributed by atoms with Gasteiger partial charge in [-0.1, -0.05) is 48.0 Å². The Balaban J connectivity index is 1.43. The van der Waals surface area contributed by atoms with Gasteiger partial charge in [-0.3, -0.25) is 0 Å². The Morgan fingerprint density at radius 2 is 1.84 bits per heavy atom. The van der Waals surface area contributed by atoms with E-state index in [0.717, 1.165) is 11.1 Å². The first-order chi connectivity index (χ1) is 12.2. The van der Waals surface area contributed by atoms with E-state index < -0.39 is 6.09 Å². The van der Waals surface area contributed by atoms with Gasteiger partial charge in [-0.15, -0.1) is 10.2 Å². The number of aryl methyl sites for hydroxylation is 1. The molecule has 0 unspecified atom stereocenters. The highest BCUT2D eigenvalue weighted by molar-refractivity contribution is 5.67. The Morgan fingerprint density at radius 3 is 2.60 bits per heavy atom. The van der Waals surface area contributed by atoms with Gasteiger partial charge in [0.2, 0.25) is 11.8 Å². The zero-order valence-electron chi connectivity index (χ0n) is 13.9. The number of nitrogens with zero attached hydrogens (tertiary/aromatic N) is 2. The van der Waals surface area contributed by atoms with Crippen LogP contribution >= 0.6 is 0 Å². The summed E-state index contributed by atoms with van der Waals surface area (Å²) in [5.74, 6) is 0.945. The number of aromatic nitrogens is 2. The molecule has 1 amide bonds. The van der Waals surface area contributed by atoms with Crippen molar-refractivity contribution in [2.75, 3.05) is 6.54 Å². The number of nitrogens with one attached hydrogen (secondary N) is 1. The van der Waals surface area contributed by atoms with Gasteiger partial charge in [0.25, 0.3) is 0 Å². The molecule has 1 aromatic heterocycles. The van der Waals surface area contributed by atoms with Crippen LogP contribution in [0.25, 0.3) is 11.5 Å². The topological polar surface area (TPSA) is 77.2 Å². The lowest BCUT2D eigenvalue weighted by Gasteiger charge is -2.05. The second-order valence-corrected chi connectivity index (χ2v) is 5.61. The molecule has 1 heterocycles. The molecule has 3 rings (SSSR count). The van der Waals surface area contributed by atoms with Crippen LogP contribution in [0.4, 0.5) is 4.79 Å². The number of hydrogen-bond acceptors (Lipinski definition) is 5. The van der Waals surface area contributed by atoms with E-state index in [1.807, 2.05) is 61.5 Å². The number of carbonyl (C=O) groups excluding carboxylic acids is 1. The van der Waals surface area contributed by atoms with Crippen LogP contribution < -0.4 is 5.32 Å². The van der Waals surface area contributed by atoms with Crippen molar-refractivity contribution in [2.45, 2.75) is 20.0 Å². The van der Waals surface area contributed by atoms with Crippen molar-refractivity contribution < 1.29 is 13.9 Å². The van der Waals surface area contributed by atoms with Gasteiger partial charge < -0.3 is 14.5 Å². The minimum Gasteiger partial charge on any atom is -0.445 e. The molecule has 0 fully saturated rings. The lowest BCUT2D eigenvalue weighted by molar-refractivity contribution is 0.139. The third kappa shape index (κ3) is 4.91. The van der Waals surface area contributed by atoms with Crippen molar-refractivity contribution in [2.24, 2.45) is 0 Å². The van der Waals surface area contributed by atoms with Crippen LogP contribution in [0, 0.1) is 6.92 Å². The first-order valence-electron chi connectivity index (χ1n) is 8.05. The maximum Gasteiger partial charge on any atom is 0.407 e. The van der Waals surface area contributed by atoms with Gasteiger partial charge in [0.05, 0.1) is 0 Å². The van der Waals surface area contributed by atoms with Crippen LogP contribution in [0.2, 0.25) is 0 Å². The number of ether oxygens (including phenoxy) is 1. The molecule has 2 aromatic carbocycles. The minimum atomic E-state index is -0.470. The fourth-order valence-electron chi connectivity index (χ4n) is 2.21. The fourth-order valence-corrected chi connectivity index (χ4v) is 2.21. The summed E-state index contributed by atoms with van der Waals surface area (Å²) in [5.41, 5.74) is 2.98. The molecule has 1 N–H and O–H groups in total. The number of alkyl carbamates (subject to hydrolysis) is 1. The summed E-state index contributed by atoms with van der Waals surface area (Å²) in [4.78, 5) is 11.7. The van der Waals surface area contributed by atoms with Crippen LogP contribution in [0.3, 0.4) is 0 Å². The van der Waals surface area contributed by atoms with Crippen LogP contribution in [0.1, 0.15) is 17.0 Å². The van der Waals surface area contributed by atoms with E-state index in [-0.39, 0.29) is 6.61 Å². The van der Waals surface area contributed by atoms with Gasteiger partial charge in [0.1, 0.15) is 6.61 Å². The molecule has 0 saturated heterocycles. The van der Waals surface area contributed by atoms with Crippen molar-refractivity contribution in [3.05, 3.63) is 71.6 Å². The number of rotatable bonds is 6. The molecular weight excluding hydrogens is 318 g/mol. The molecule has 0 saturated carbocycles. The summed E-state index contributed by atoms with van der Waals surface area (Å²) in [7, 11) is 0. The largest absolute Gasteiger partial charge is 0.445 e. The molecular formula is C19H19N3O3. The Hall–Kier alpha value is -3.15. The Morgan fingerprint density at radius 1 is 1.08 bits per heavy atom. The fraction of sp³-hybridized carbons (Fsp3) is 0.211. The highest BCUT2D eigenvalue weighted by Gasteiger charge is 2.09. The molecule has 0 spiro atoms. The molecule has 0 radical (unpaired) electrons. The minimum absolute atomic E-state index is 0.241. The zero-order valence-corrected chi connectivity index (χ0v) is 13.9. The van der Waals surface area contributed by atoms with Crippen LogP contribution in [-0.2, 0) is 17.8 Å². The highest BCUT2D eigenvalue weighted by atomic mass is 16.5. The molecule has 3 aromatic rings. The van der Waals surface area contributed by atoms with Crippen molar-refractivity contribution in [1.29, 1.82) is 0 Å². The van der Waals surface area contributed by atoms with Gasteiger partial charge >= 0.3 is 6.09 Å². The van der Waals surface area contributed by atoms with Gasteiger partial charge in [-0.05, 0) is 24.6 Å². The lowest BCUT2D eigenvalue weighted by atomic mass is 10.1. The summed E-state index contributed by atoms with van der Waals surface area (Å²) in [6, 6.07) is 17.4. The Bertz CT molecular complexity index is 813. The normalized spacial score (nSPS) is 10.4. The van der Waals surface area contributed by atoms with E-state index in [1.165, 1.54) is 5.56 Å². The van der Waals surface area contributed by atoms with Crippen molar-refractivity contribution in [3.63, 3.8) is 0 Å². The summed E-state index contributed by atoms with van der Waals surface area (Å²) in [5, 5.41) is 10.7. The summed E-state index contributed by atoms with van der Waals surface area (Å²) in [6.45, 7) is 2.62. The van der Waals surface area contributed by atoms with E-state index in [9.17, 15) is 4.79 Å². The quantitative estimate of drug-likeness (QED) is 0.745. The third-order valence-corrected chi connectivity index (χ3v) is 3.59. The molecule has 0 aliphatic rings. The number of carbonyl (C=O) groups is 1. The van der Waals surface area contributed by atoms with E-state index in [4.69, 9.17) is 9.15 Å². The molecule has 0 aliphatic heterocycles. The number of amides is 1. The first kappa shape index (κ1) is 16.7. The summed E-state index contributed by atoms with van der Waals surface area (Å²) < 4.78 is 10.7. The Labute approximate surface area is 145 Å². The number of benzene rings is 2.